The SMILES string of the molecule is NCC(=O)N[C@H]1CSSC[C@@H]2NC(=O)[C@H](CCCN=C(N)N)NC(=O)[C@@H]3CCCN3C(=O)[C@H](CC(=O)O)NC(=O)[C@H](CO)NC(=O)[C@H](CSSC[C@@H](C(=O)N[C@@H](CCCN=C(N)N)C(=O)O)NC(=O)[C@H](CCCN=C(N)N)NC(=O)[C@H](Cc3ccc(O)cc3)NC(=O)[C@H](CCCN=C(N)N)NC2=O)NC1=O. The number of rotatable bonds is 26. The molecule has 33 N–H and O–H groups in total. The minimum absolute atomic E-state index is 0.0134. The molecular weight excluding hydrogens is 1480 g/mol. The van der Waals surface area contributed by atoms with E-state index in [9.17, 15) is 73.2 Å². The summed E-state index contributed by atoms with van der Waals surface area (Å²) in [6.07, 6.45) is -2.72. The molecule has 0 spiro atoms. The first-order valence-electron chi connectivity index (χ1n) is 33.2. The first-order valence-corrected chi connectivity index (χ1v) is 38.2. The molecule has 106 heavy (non-hydrogen) atoms. The maximum atomic E-state index is 15.1. The molecule has 0 radical (unpaired) electrons. The maximum absolute atomic E-state index is 15.1. The van der Waals surface area contributed by atoms with Crippen molar-refractivity contribution < 1.29 is 87.5 Å². The number of carboxylic acid groups (broad SMARTS) is 2. The van der Waals surface area contributed by atoms with Crippen LogP contribution in [0, 0.1) is 0 Å². The lowest BCUT2D eigenvalue weighted by atomic mass is 10.0. The fourth-order valence-corrected chi connectivity index (χ4v) is 15.1. The molecule has 3 fully saturated rings. The highest BCUT2D eigenvalue weighted by Crippen LogP contribution is 2.27. The van der Waals surface area contributed by atoms with Crippen LogP contribution in [0.5, 0.6) is 5.75 Å². The van der Waals surface area contributed by atoms with Crippen LogP contribution in [0.3, 0.4) is 0 Å². The number of nitrogens with one attached hydrogen (secondary N) is 11. The van der Waals surface area contributed by atoms with Gasteiger partial charge in [-0.2, -0.15) is 0 Å². The lowest BCUT2D eigenvalue weighted by molar-refractivity contribution is -0.146. The lowest BCUT2D eigenvalue weighted by Crippen LogP contribution is -2.61. The number of aliphatic hydroxyl groups is 1. The zero-order valence-electron chi connectivity index (χ0n) is 57.6. The predicted molar refractivity (Wildman–Crippen MR) is 393 cm³/mol. The molecule has 4 rings (SSSR count). The van der Waals surface area contributed by atoms with Crippen LogP contribution in [0.25, 0.3) is 0 Å². The van der Waals surface area contributed by atoms with Crippen molar-refractivity contribution in [2.24, 2.45) is 71.6 Å². The van der Waals surface area contributed by atoms with Gasteiger partial charge in [0.15, 0.2) is 23.8 Å². The summed E-state index contributed by atoms with van der Waals surface area (Å²) in [6.45, 7) is -2.57. The number of carbonyl (C=O) groups is 14. The van der Waals surface area contributed by atoms with Gasteiger partial charge in [-0.05, 0) is 81.9 Å². The average molecular weight is 1570 g/mol. The van der Waals surface area contributed by atoms with Crippen molar-refractivity contribution in [3.63, 3.8) is 0 Å². The number of aliphatic hydroxyl groups excluding tert-OH is 1. The van der Waals surface area contributed by atoms with Gasteiger partial charge in [-0.25, -0.2) is 4.79 Å². The molecule has 0 saturated carbocycles. The van der Waals surface area contributed by atoms with E-state index in [1.165, 1.54) is 24.3 Å². The number of aliphatic carboxylic acids is 2. The van der Waals surface area contributed by atoms with Crippen LogP contribution >= 0.6 is 43.2 Å². The van der Waals surface area contributed by atoms with Crippen molar-refractivity contribution in [3.05, 3.63) is 29.8 Å². The summed E-state index contributed by atoms with van der Waals surface area (Å²) in [5, 5.41) is 68.7. The highest BCUT2D eigenvalue weighted by Gasteiger charge is 2.42. The molecular formula is C59H95N25O18S4. The van der Waals surface area contributed by atoms with E-state index >= 15 is 14.4 Å². The maximum Gasteiger partial charge on any atom is 0.326 e. The number of hydrogen-bond acceptors (Lipinski definition) is 25. The van der Waals surface area contributed by atoms with Crippen molar-refractivity contribution in [2.45, 2.75) is 150 Å². The summed E-state index contributed by atoms with van der Waals surface area (Å²) in [4.78, 5) is 217. The van der Waals surface area contributed by atoms with E-state index in [-0.39, 0.29) is 133 Å². The minimum Gasteiger partial charge on any atom is -0.508 e. The monoisotopic (exact) mass is 1570 g/mol. The van der Waals surface area contributed by atoms with Crippen molar-refractivity contribution in [1.29, 1.82) is 0 Å². The number of phenolic OH excluding ortho intramolecular Hbond substituents is 1. The van der Waals surface area contributed by atoms with E-state index in [1.807, 2.05) is 0 Å². The Morgan fingerprint density at radius 2 is 0.962 bits per heavy atom. The fraction of sp³-hybridized carbons (Fsp3) is 0.593. The summed E-state index contributed by atoms with van der Waals surface area (Å²) in [5.74, 6) is -19.9. The average Bonchev–Trinajstić information content (AvgIpc) is 1.65. The standard InChI is InChI=1S/C59H95N25O18S4/c60-22-42(87)73-37-24-103-104-25-38-50(96)75-30(6-1-15-69-56(61)62)44(90)78-34(20-28-11-13-29(86)14-12-28)47(93)74-31(7-2-16-70-57(63)64)45(91)82-39(51(97)77-33(55(101)102)9-4-18-72-59(67)68)26-105-106-27-40(83-49(37)95)52(98)80-36(23-85)48(94)79-35(21-43(88)89)54(100)84-19-5-10-41(84)53(99)76-32(46(92)81-38)8-3-17-71-58(65)66/h11-14,30-41,85-86H,1-10,15-27,60H2,(H,73,87)(H,74,93)(H,75,96)(H,76,99)(H,77,97)(H,78,90)(H,79,94)(H,80,98)(H,81,92)(H,82,91)(H,83,95)(H,88,89)(H,101,102)(H4,61,62,69)(H4,63,64,70)(H4,65,66,71)(H4,67,68,72)/t30-,31-,32-,33-,34-,35-,36-,37-,38-,39-,40-,41-/m0/s1. The minimum atomic E-state index is -2.03. The van der Waals surface area contributed by atoms with Gasteiger partial charge in [0.05, 0.1) is 19.6 Å². The molecule has 1 aromatic rings. The molecule has 2 bridgehead atoms. The zero-order valence-corrected chi connectivity index (χ0v) is 60.8. The van der Waals surface area contributed by atoms with Gasteiger partial charge in [-0.1, -0.05) is 55.3 Å². The molecule has 588 valence electrons. The molecule has 12 atom stereocenters. The van der Waals surface area contributed by atoms with Crippen LogP contribution in [0.15, 0.2) is 44.2 Å². The number of carboxylic acids is 2. The van der Waals surface area contributed by atoms with Gasteiger partial charge < -0.3 is 135 Å². The smallest absolute Gasteiger partial charge is 0.326 e. The van der Waals surface area contributed by atoms with Gasteiger partial charge in [-0.15, -0.1) is 0 Å². The lowest BCUT2D eigenvalue weighted by Gasteiger charge is -2.30. The van der Waals surface area contributed by atoms with E-state index in [2.05, 4.69) is 78.5 Å². The second-order valence-corrected chi connectivity index (χ2v) is 29.2. The predicted octanol–water partition coefficient (Wildman–Crippen LogP) is -10.2. The summed E-state index contributed by atoms with van der Waals surface area (Å²) in [6, 6.07) is -15.4. The number of fused-ring (bicyclic) bond motifs is 9. The normalized spacial score (nSPS) is 24.1. The first-order chi connectivity index (χ1) is 50.3. The Hall–Kier alpha value is -10.00. The largest absolute Gasteiger partial charge is 0.508 e. The molecule has 3 aliphatic heterocycles. The van der Waals surface area contributed by atoms with Crippen LogP contribution in [-0.2, 0) is 73.5 Å². The Labute approximate surface area is 623 Å². The third kappa shape index (κ3) is 31.8. The summed E-state index contributed by atoms with van der Waals surface area (Å²) in [5.41, 5.74) is 50.5. The second kappa shape index (κ2) is 46.1. The van der Waals surface area contributed by atoms with E-state index in [0.717, 1.165) is 48.1 Å². The van der Waals surface area contributed by atoms with Crippen molar-refractivity contribution in [1.82, 2.24) is 63.4 Å². The molecule has 1 aromatic carbocycles. The van der Waals surface area contributed by atoms with Crippen LogP contribution in [0.2, 0.25) is 0 Å². The number of aliphatic imine (C=N–C) groups is 4. The molecule has 43 nitrogen and oxygen atoms in total. The number of amides is 12. The third-order valence-corrected chi connectivity index (χ3v) is 20.6. The van der Waals surface area contributed by atoms with Gasteiger partial charge in [0.2, 0.25) is 70.9 Å². The van der Waals surface area contributed by atoms with E-state index < -0.39 is 198 Å². The van der Waals surface area contributed by atoms with Gasteiger partial charge in [-0.3, -0.25) is 82.3 Å². The summed E-state index contributed by atoms with van der Waals surface area (Å²) < 4.78 is 0. The van der Waals surface area contributed by atoms with Gasteiger partial charge in [0.25, 0.3) is 0 Å². The molecule has 0 aliphatic carbocycles. The topological polar surface area (TPSA) is 739 Å². The molecule has 3 saturated heterocycles. The Bertz CT molecular complexity index is 3360. The quantitative estimate of drug-likeness (QED) is 0.0177. The number of nitrogens with zero attached hydrogens (tertiary/aromatic N) is 5. The van der Waals surface area contributed by atoms with Crippen LogP contribution in [-0.4, -0.2) is 273 Å². The Morgan fingerprint density at radius 1 is 0.528 bits per heavy atom. The summed E-state index contributed by atoms with van der Waals surface area (Å²) >= 11 is 0. The van der Waals surface area contributed by atoms with Gasteiger partial charge in [0, 0.05) is 62.2 Å². The third-order valence-electron chi connectivity index (χ3n) is 15.8. The van der Waals surface area contributed by atoms with E-state index in [1.54, 1.807) is 0 Å². The Balaban J connectivity index is 2.07. The van der Waals surface area contributed by atoms with E-state index in [0.29, 0.717) is 5.56 Å². The Morgan fingerprint density at radius 3 is 1.47 bits per heavy atom. The number of nitrogens with two attached hydrogens (primary N) is 9. The van der Waals surface area contributed by atoms with Gasteiger partial charge >= 0.3 is 11.9 Å². The number of phenols is 1. The van der Waals surface area contributed by atoms with Gasteiger partial charge in [0.1, 0.15) is 78.3 Å². The number of aromatic hydroxyl groups is 1. The van der Waals surface area contributed by atoms with Crippen molar-refractivity contribution in [3.8, 4) is 5.75 Å². The molecule has 3 heterocycles. The number of benzene rings is 1. The molecule has 0 aromatic heterocycles. The highest BCUT2D eigenvalue weighted by molar-refractivity contribution is 8.77. The number of guanidine groups is 4. The van der Waals surface area contributed by atoms with E-state index in [4.69, 9.17) is 51.6 Å². The van der Waals surface area contributed by atoms with Crippen molar-refractivity contribution >= 4 is 150 Å². The molecule has 12 amide bonds. The summed E-state index contributed by atoms with van der Waals surface area (Å²) in [7, 11) is 3.10. The fourth-order valence-electron chi connectivity index (χ4n) is 10.4. The van der Waals surface area contributed by atoms with Crippen molar-refractivity contribution in [2.75, 3.05) is 68.9 Å². The molecule has 3 aliphatic rings. The first kappa shape index (κ1) is 88.4. The highest BCUT2D eigenvalue weighted by atomic mass is 33.1. The zero-order chi connectivity index (χ0) is 78.6. The molecule has 47 heteroatoms. The van der Waals surface area contributed by atoms with Crippen LogP contribution < -0.4 is 110 Å². The molecule has 0 unspecified atom stereocenters. The van der Waals surface area contributed by atoms with Crippen LogP contribution in [0.1, 0.15) is 76.2 Å². The Kier molecular flexibility index (Phi) is 38.4. The second-order valence-electron chi connectivity index (χ2n) is 24.0. The van der Waals surface area contributed by atoms with Crippen LogP contribution in [0.4, 0.5) is 0 Å². The number of carbonyl (C=O) groups excluding carboxylic acids is 12. The number of hydrogen-bond donors (Lipinski definition) is 24.